The van der Waals surface area contributed by atoms with Crippen LogP contribution >= 0.6 is 12.6 Å². The number of hydrogen-bond acceptors (Lipinski definition) is 5. The zero-order valence-corrected chi connectivity index (χ0v) is 16.3. The van der Waals surface area contributed by atoms with Gasteiger partial charge in [-0.2, -0.15) is 12.6 Å². The van der Waals surface area contributed by atoms with E-state index in [-0.39, 0.29) is 17.9 Å². The number of nitrogens with zero attached hydrogens (tertiary/aromatic N) is 3. The Balaban J connectivity index is 2.01. The van der Waals surface area contributed by atoms with E-state index >= 15 is 0 Å². The van der Waals surface area contributed by atoms with E-state index in [1.54, 1.807) is 7.11 Å². The van der Waals surface area contributed by atoms with Crippen LogP contribution < -0.4 is 10.5 Å². The van der Waals surface area contributed by atoms with Crippen molar-refractivity contribution in [3.63, 3.8) is 0 Å². The predicted octanol–water partition coefficient (Wildman–Crippen LogP) is 2.36. The number of hydrogen-bond donors (Lipinski definition) is 2. The maximum absolute atomic E-state index is 12.7. The van der Waals surface area contributed by atoms with Crippen LogP contribution in [0.1, 0.15) is 25.7 Å². The van der Waals surface area contributed by atoms with E-state index in [1.807, 2.05) is 35.4 Å². The van der Waals surface area contributed by atoms with Crippen LogP contribution in [0.25, 0.3) is 11.3 Å². The highest BCUT2D eigenvalue weighted by atomic mass is 32.1. The van der Waals surface area contributed by atoms with Gasteiger partial charge in [0.15, 0.2) is 0 Å². The number of carbonyl (C=O) groups is 1. The molecule has 1 aromatic heterocycles. The summed E-state index contributed by atoms with van der Waals surface area (Å²) in [4.78, 5) is 19.5. The topological polar surface area (TPSA) is 73.4 Å². The molecule has 2 aromatic rings. The monoisotopic (exact) mass is 374 g/mol. The number of amides is 1. The van der Waals surface area contributed by atoms with Crippen molar-refractivity contribution in [2.45, 2.75) is 32.5 Å². The molecule has 1 amide bonds. The van der Waals surface area contributed by atoms with E-state index in [2.05, 4.69) is 31.0 Å². The molecule has 1 aliphatic rings. The Labute approximate surface area is 159 Å². The molecule has 1 aliphatic heterocycles. The SMILES string of the molecule is COc1ccccc1-c1cn2c(n1)C(C(C)C)N(C(=O)C(N)CS)CC2. The van der Waals surface area contributed by atoms with Crippen molar-refractivity contribution < 1.29 is 9.53 Å². The van der Waals surface area contributed by atoms with Gasteiger partial charge in [-0.3, -0.25) is 4.79 Å². The summed E-state index contributed by atoms with van der Waals surface area (Å²) in [5, 5.41) is 0. The van der Waals surface area contributed by atoms with Crippen molar-refractivity contribution in [2.75, 3.05) is 19.4 Å². The molecule has 2 unspecified atom stereocenters. The summed E-state index contributed by atoms with van der Waals surface area (Å²) in [7, 11) is 1.66. The number of ether oxygens (including phenoxy) is 1. The van der Waals surface area contributed by atoms with E-state index in [0.717, 1.165) is 22.8 Å². The lowest BCUT2D eigenvalue weighted by Gasteiger charge is -2.39. The summed E-state index contributed by atoms with van der Waals surface area (Å²) in [6.07, 6.45) is 2.04. The third-order valence-corrected chi connectivity index (χ3v) is 5.19. The second-order valence-electron chi connectivity index (χ2n) is 6.89. The molecule has 2 N–H and O–H groups in total. The van der Waals surface area contributed by atoms with Gasteiger partial charge >= 0.3 is 0 Å². The lowest BCUT2D eigenvalue weighted by atomic mass is 9.99. The number of imidazole rings is 1. The standard InChI is InChI=1S/C19H26N4O2S/c1-12(2)17-18-21-15(13-6-4-5-7-16(13)25-3)10-22(18)8-9-23(17)19(24)14(20)11-26/h4-7,10,12,14,17,26H,8-9,11,20H2,1-3H3. The molecule has 0 saturated heterocycles. The Morgan fingerprint density at radius 1 is 1.38 bits per heavy atom. The molecule has 0 bridgehead atoms. The molecule has 1 aromatic carbocycles. The second kappa shape index (κ2) is 7.72. The zero-order chi connectivity index (χ0) is 18.8. The zero-order valence-electron chi connectivity index (χ0n) is 15.4. The minimum absolute atomic E-state index is 0.0632. The van der Waals surface area contributed by atoms with Gasteiger partial charge in [0.05, 0.1) is 24.9 Å². The number of para-hydroxylation sites is 1. The van der Waals surface area contributed by atoms with Gasteiger partial charge in [-0.15, -0.1) is 0 Å². The van der Waals surface area contributed by atoms with Crippen molar-refractivity contribution in [3.8, 4) is 17.0 Å². The number of carbonyl (C=O) groups excluding carboxylic acids is 1. The normalized spacial score (nSPS) is 17.9. The second-order valence-corrected chi connectivity index (χ2v) is 7.25. The first-order chi connectivity index (χ1) is 12.5. The highest BCUT2D eigenvalue weighted by Crippen LogP contribution is 2.36. The molecule has 3 rings (SSSR count). The summed E-state index contributed by atoms with van der Waals surface area (Å²) in [5.41, 5.74) is 7.76. The number of aromatic nitrogens is 2. The van der Waals surface area contributed by atoms with Gasteiger partial charge in [-0.05, 0) is 18.1 Å². The summed E-state index contributed by atoms with van der Waals surface area (Å²) >= 11 is 4.18. The minimum Gasteiger partial charge on any atom is -0.496 e. The van der Waals surface area contributed by atoms with Crippen molar-refractivity contribution in [2.24, 2.45) is 11.7 Å². The molecule has 7 heteroatoms. The minimum atomic E-state index is -0.588. The van der Waals surface area contributed by atoms with Crippen LogP contribution in [0, 0.1) is 5.92 Å². The van der Waals surface area contributed by atoms with Crippen LogP contribution in [-0.4, -0.2) is 45.8 Å². The van der Waals surface area contributed by atoms with Crippen LogP contribution in [0.4, 0.5) is 0 Å². The molecular weight excluding hydrogens is 348 g/mol. The summed E-state index contributed by atoms with van der Waals surface area (Å²) in [6, 6.07) is 7.14. The molecule has 0 aliphatic carbocycles. The lowest BCUT2D eigenvalue weighted by Crippen LogP contribution is -2.51. The first kappa shape index (κ1) is 18.8. The molecule has 0 radical (unpaired) electrons. The molecule has 2 atom stereocenters. The summed E-state index contributed by atoms with van der Waals surface area (Å²) < 4.78 is 7.61. The molecule has 26 heavy (non-hydrogen) atoms. The van der Waals surface area contributed by atoms with Crippen molar-refractivity contribution in [1.29, 1.82) is 0 Å². The Morgan fingerprint density at radius 3 is 2.77 bits per heavy atom. The van der Waals surface area contributed by atoms with Crippen LogP contribution in [0.3, 0.4) is 0 Å². The Kier molecular flexibility index (Phi) is 5.58. The third-order valence-electron chi connectivity index (χ3n) is 4.80. The third kappa shape index (κ3) is 3.33. The fraction of sp³-hybridized carbons (Fsp3) is 0.474. The maximum Gasteiger partial charge on any atom is 0.241 e. The number of thiol groups is 1. The number of benzene rings is 1. The number of rotatable bonds is 5. The maximum atomic E-state index is 12.7. The first-order valence-electron chi connectivity index (χ1n) is 8.85. The van der Waals surface area contributed by atoms with Gasteiger partial charge in [0.2, 0.25) is 5.91 Å². The van der Waals surface area contributed by atoms with Gasteiger partial charge in [-0.25, -0.2) is 4.98 Å². The Hall–Kier alpha value is -1.99. The molecule has 6 nitrogen and oxygen atoms in total. The van der Waals surface area contributed by atoms with Gasteiger partial charge in [0.1, 0.15) is 11.6 Å². The van der Waals surface area contributed by atoms with E-state index < -0.39 is 6.04 Å². The number of nitrogens with two attached hydrogens (primary N) is 1. The van der Waals surface area contributed by atoms with E-state index in [0.29, 0.717) is 18.8 Å². The van der Waals surface area contributed by atoms with E-state index in [9.17, 15) is 4.79 Å². The van der Waals surface area contributed by atoms with Gasteiger partial charge < -0.3 is 19.9 Å². The van der Waals surface area contributed by atoms with E-state index in [4.69, 9.17) is 15.5 Å². The lowest BCUT2D eigenvalue weighted by molar-refractivity contribution is -0.137. The predicted molar refractivity (Wildman–Crippen MR) is 105 cm³/mol. The van der Waals surface area contributed by atoms with Crippen LogP contribution in [0.5, 0.6) is 5.75 Å². The van der Waals surface area contributed by atoms with Gasteiger partial charge in [0, 0.05) is 30.6 Å². The van der Waals surface area contributed by atoms with Crippen LogP contribution in [0.15, 0.2) is 30.5 Å². The van der Waals surface area contributed by atoms with Crippen LogP contribution in [0.2, 0.25) is 0 Å². The molecule has 0 spiro atoms. The molecular formula is C19H26N4O2S. The Morgan fingerprint density at radius 2 is 2.12 bits per heavy atom. The average molecular weight is 375 g/mol. The quantitative estimate of drug-likeness (QED) is 0.788. The largest absolute Gasteiger partial charge is 0.496 e. The van der Waals surface area contributed by atoms with Gasteiger partial charge in [-0.1, -0.05) is 26.0 Å². The van der Waals surface area contributed by atoms with Crippen molar-refractivity contribution in [3.05, 3.63) is 36.3 Å². The van der Waals surface area contributed by atoms with Crippen molar-refractivity contribution in [1.82, 2.24) is 14.5 Å². The fourth-order valence-electron chi connectivity index (χ4n) is 3.52. The highest BCUT2D eigenvalue weighted by Gasteiger charge is 2.36. The molecule has 140 valence electrons. The van der Waals surface area contributed by atoms with Crippen LogP contribution in [-0.2, 0) is 11.3 Å². The van der Waals surface area contributed by atoms with Crippen molar-refractivity contribution >= 4 is 18.5 Å². The Bertz CT molecular complexity index is 790. The number of fused-ring (bicyclic) bond motifs is 1. The molecule has 0 fully saturated rings. The smallest absolute Gasteiger partial charge is 0.241 e. The summed E-state index contributed by atoms with van der Waals surface area (Å²) in [6.45, 7) is 5.53. The molecule has 0 saturated carbocycles. The fourth-order valence-corrected chi connectivity index (χ4v) is 3.68. The van der Waals surface area contributed by atoms with E-state index in [1.165, 1.54) is 0 Å². The number of methoxy groups -OCH3 is 1. The van der Waals surface area contributed by atoms with Gasteiger partial charge in [0.25, 0.3) is 0 Å². The first-order valence-corrected chi connectivity index (χ1v) is 9.48. The molecule has 2 heterocycles. The summed E-state index contributed by atoms with van der Waals surface area (Å²) in [5.74, 6) is 2.17. The average Bonchev–Trinajstić information content (AvgIpc) is 3.09. The highest BCUT2D eigenvalue weighted by molar-refractivity contribution is 7.80.